The zero-order valence-corrected chi connectivity index (χ0v) is 13.7. The first-order valence-corrected chi connectivity index (χ1v) is 8.41. The first kappa shape index (κ1) is 15.2. The molecule has 0 saturated carbocycles. The van der Waals surface area contributed by atoms with Crippen LogP contribution in [-0.2, 0) is 11.2 Å². The molecule has 1 atom stereocenters. The molecule has 3 rings (SSSR count). The Hall–Kier alpha value is -1.73. The van der Waals surface area contributed by atoms with Crippen LogP contribution in [0.4, 0.5) is 0 Å². The number of carbonyl (C=O) groups is 1. The zero-order valence-electron chi connectivity index (χ0n) is 12.9. The van der Waals surface area contributed by atoms with Gasteiger partial charge in [0.1, 0.15) is 0 Å². The highest BCUT2D eigenvalue weighted by atomic mass is 32.1. The van der Waals surface area contributed by atoms with Crippen LogP contribution in [-0.4, -0.2) is 58.6 Å². The monoisotopic (exact) mass is 320 g/mol. The molecule has 118 valence electrons. The predicted octanol–water partition coefficient (Wildman–Crippen LogP) is 1.89. The van der Waals surface area contributed by atoms with Gasteiger partial charge in [-0.05, 0) is 25.4 Å². The van der Waals surface area contributed by atoms with Gasteiger partial charge in [-0.2, -0.15) is 16.3 Å². The second-order valence-corrected chi connectivity index (χ2v) is 6.50. The van der Waals surface area contributed by atoms with Crippen LogP contribution in [0.2, 0.25) is 0 Å². The molecule has 0 spiro atoms. The summed E-state index contributed by atoms with van der Waals surface area (Å²) in [6.45, 7) is 4.74. The maximum Gasteiger partial charge on any atom is 0.227 e. The summed E-state index contributed by atoms with van der Waals surface area (Å²) in [5.41, 5.74) is 0.957. The summed E-state index contributed by atoms with van der Waals surface area (Å²) in [4.78, 5) is 20.9. The van der Waals surface area contributed by atoms with E-state index in [-0.39, 0.29) is 11.9 Å². The lowest BCUT2D eigenvalue weighted by molar-refractivity contribution is -0.135. The fraction of sp³-hybridized carbons (Fsp3) is 0.533. The average Bonchev–Trinajstić information content (AvgIpc) is 3.16. The molecule has 3 heterocycles. The second kappa shape index (κ2) is 6.58. The molecule has 1 saturated heterocycles. The fourth-order valence-corrected chi connectivity index (χ4v) is 3.37. The van der Waals surface area contributed by atoms with E-state index >= 15 is 0 Å². The molecule has 0 aromatic carbocycles. The van der Waals surface area contributed by atoms with E-state index in [2.05, 4.69) is 29.0 Å². The van der Waals surface area contributed by atoms with Crippen LogP contribution in [0.15, 0.2) is 21.3 Å². The van der Waals surface area contributed by atoms with Gasteiger partial charge in [-0.1, -0.05) is 5.16 Å². The number of rotatable bonds is 4. The molecule has 0 radical (unpaired) electrons. The van der Waals surface area contributed by atoms with E-state index in [4.69, 9.17) is 4.52 Å². The van der Waals surface area contributed by atoms with E-state index in [9.17, 15) is 4.79 Å². The topological polar surface area (TPSA) is 62.5 Å². The third kappa shape index (κ3) is 3.36. The molecule has 22 heavy (non-hydrogen) atoms. The molecule has 0 bridgehead atoms. The summed E-state index contributed by atoms with van der Waals surface area (Å²) in [5.74, 6) is 1.28. The normalized spacial score (nSPS) is 19.5. The minimum absolute atomic E-state index is 0.163. The molecule has 2 aromatic rings. The molecular formula is C15H20N4O2S. The van der Waals surface area contributed by atoms with Gasteiger partial charge in [0.2, 0.25) is 17.6 Å². The summed E-state index contributed by atoms with van der Waals surface area (Å²) in [7, 11) is 2.09. The first-order chi connectivity index (χ1) is 10.6. The van der Waals surface area contributed by atoms with Crippen molar-refractivity contribution < 1.29 is 9.32 Å². The third-order valence-electron chi connectivity index (χ3n) is 3.95. The van der Waals surface area contributed by atoms with Gasteiger partial charge in [0.25, 0.3) is 0 Å². The van der Waals surface area contributed by atoms with Gasteiger partial charge < -0.3 is 14.3 Å². The Labute approximate surface area is 133 Å². The van der Waals surface area contributed by atoms with E-state index in [1.807, 2.05) is 21.7 Å². The van der Waals surface area contributed by atoms with Crippen LogP contribution in [0.25, 0.3) is 11.4 Å². The maximum atomic E-state index is 12.3. The van der Waals surface area contributed by atoms with Crippen LogP contribution >= 0.6 is 11.3 Å². The Morgan fingerprint density at radius 3 is 3.09 bits per heavy atom. The van der Waals surface area contributed by atoms with Gasteiger partial charge in [0, 0.05) is 49.5 Å². The molecule has 1 aliphatic heterocycles. The average molecular weight is 320 g/mol. The van der Waals surface area contributed by atoms with Crippen molar-refractivity contribution in [1.29, 1.82) is 0 Å². The number of likely N-dealkylation sites (N-methyl/N-ethyl adjacent to an activating group) is 1. The Kier molecular flexibility index (Phi) is 4.54. The molecule has 0 N–H and O–H groups in total. The molecule has 2 aromatic heterocycles. The number of amides is 1. The highest BCUT2D eigenvalue weighted by Crippen LogP contribution is 2.19. The number of hydrogen-bond donors (Lipinski definition) is 0. The third-order valence-corrected chi connectivity index (χ3v) is 4.63. The van der Waals surface area contributed by atoms with Gasteiger partial charge >= 0.3 is 0 Å². The van der Waals surface area contributed by atoms with E-state index in [0.717, 1.165) is 25.2 Å². The number of aryl methyl sites for hydroxylation is 1. The Morgan fingerprint density at radius 1 is 1.50 bits per heavy atom. The van der Waals surface area contributed by atoms with Crippen LogP contribution in [0.3, 0.4) is 0 Å². The van der Waals surface area contributed by atoms with E-state index in [1.165, 1.54) is 0 Å². The molecule has 1 amide bonds. The Balaban J connectivity index is 1.55. The second-order valence-electron chi connectivity index (χ2n) is 5.72. The summed E-state index contributed by atoms with van der Waals surface area (Å²) in [5, 5.41) is 7.92. The molecular weight excluding hydrogens is 300 g/mol. The number of nitrogens with zero attached hydrogens (tertiary/aromatic N) is 4. The van der Waals surface area contributed by atoms with Gasteiger partial charge in [0.05, 0.1) is 0 Å². The highest BCUT2D eigenvalue weighted by molar-refractivity contribution is 7.08. The molecule has 0 aliphatic carbocycles. The SMILES string of the molecule is C[C@H]1CN(C)CCN1C(=O)CCc1nc(-c2ccsc2)no1. The van der Waals surface area contributed by atoms with Crippen LogP contribution < -0.4 is 0 Å². The summed E-state index contributed by atoms with van der Waals surface area (Å²) in [6, 6.07) is 2.21. The van der Waals surface area contributed by atoms with Crippen molar-refractivity contribution in [3.8, 4) is 11.4 Å². The van der Waals surface area contributed by atoms with Crippen molar-refractivity contribution in [2.75, 3.05) is 26.7 Å². The van der Waals surface area contributed by atoms with E-state index < -0.39 is 0 Å². The van der Waals surface area contributed by atoms with Gasteiger partial charge in [-0.25, -0.2) is 0 Å². The lowest BCUT2D eigenvalue weighted by Crippen LogP contribution is -2.52. The minimum Gasteiger partial charge on any atom is -0.339 e. The lowest BCUT2D eigenvalue weighted by Gasteiger charge is -2.38. The summed E-state index contributed by atoms with van der Waals surface area (Å²) < 4.78 is 5.23. The number of carbonyl (C=O) groups excluding carboxylic acids is 1. The number of aromatic nitrogens is 2. The van der Waals surface area contributed by atoms with Gasteiger partial charge in [0.15, 0.2) is 0 Å². The quantitative estimate of drug-likeness (QED) is 0.861. The van der Waals surface area contributed by atoms with Crippen LogP contribution in [0.5, 0.6) is 0 Å². The molecule has 1 fully saturated rings. The number of thiophene rings is 1. The standard InChI is InChI=1S/C15H20N4O2S/c1-11-9-18(2)6-7-19(11)14(20)4-3-13-16-15(17-21-13)12-5-8-22-10-12/h5,8,10-11H,3-4,6-7,9H2,1-2H3/t11-/m0/s1. The number of piperazine rings is 1. The van der Waals surface area contributed by atoms with Crippen molar-refractivity contribution in [3.63, 3.8) is 0 Å². The van der Waals surface area contributed by atoms with Crippen molar-refractivity contribution >= 4 is 17.2 Å². The van der Waals surface area contributed by atoms with E-state index in [0.29, 0.717) is 24.6 Å². The first-order valence-electron chi connectivity index (χ1n) is 7.46. The van der Waals surface area contributed by atoms with Crippen molar-refractivity contribution in [2.24, 2.45) is 0 Å². The lowest BCUT2D eigenvalue weighted by atomic mass is 10.1. The van der Waals surface area contributed by atoms with Gasteiger partial charge in [-0.15, -0.1) is 0 Å². The van der Waals surface area contributed by atoms with Gasteiger partial charge in [-0.3, -0.25) is 4.79 Å². The zero-order chi connectivity index (χ0) is 15.5. The van der Waals surface area contributed by atoms with E-state index in [1.54, 1.807) is 11.3 Å². The van der Waals surface area contributed by atoms with Crippen molar-refractivity contribution in [1.82, 2.24) is 19.9 Å². The molecule has 0 unspecified atom stereocenters. The van der Waals surface area contributed by atoms with Crippen molar-refractivity contribution in [3.05, 3.63) is 22.7 Å². The Bertz CT molecular complexity index is 625. The van der Waals surface area contributed by atoms with Crippen molar-refractivity contribution in [2.45, 2.75) is 25.8 Å². The summed E-state index contributed by atoms with van der Waals surface area (Å²) in [6.07, 6.45) is 0.911. The molecule has 1 aliphatic rings. The minimum atomic E-state index is 0.163. The maximum absolute atomic E-state index is 12.3. The smallest absolute Gasteiger partial charge is 0.227 e. The largest absolute Gasteiger partial charge is 0.339 e. The fourth-order valence-electron chi connectivity index (χ4n) is 2.73. The number of hydrogen-bond acceptors (Lipinski definition) is 6. The highest BCUT2D eigenvalue weighted by Gasteiger charge is 2.25. The molecule has 7 heteroatoms. The van der Waals surface area contributed by atoms with Crippen LogP contribution in [0.1, 0.15) is 19.2 Å². The predicted molar refractivity (Wildman–Crippen MR) is 84.6 cm³/mol. The summed E-state index contributed by atoms with van der Waals surface area (Å²) >= 11 is 1.59. The van der Waals surface area contributed by atoms with Crippen LogP contribution in [0, 0.1) is 0 Å². The molecule has 6 nitrogen and oxygen atoms in total. The Morgan fingerprint density at radius 2 is 2.36 bits per heavy atom.